The van der Waals surface area contributed by atoms with Crippen LogP contribution in [-0.4, -0.2) is 12.8 Å². The van der Waals surface area contributed by atoms with E-state index in [0.717, 1.165) is 30.4 Å². The first-order valence-corrected chi connectivity index (χ1v) is 7.59. The highest BCUT2D eigenvalue weighted by molar-refractivity contribution is 7.98. The summed E-state index contributed by atoms with van der Waals surface area (Å²) in [5.41, 5.74) is 0. The fraction of sp³-hybridized carbons (Fsp3) is 0.333. The third kappa shape index (κ3) is 4.33. The molecule has 0 radical (unpaired) electrons. The van der Waals surface area contributed by atoms with Gasteiger partial charge in [0.1, 0.15) is 23.9 Å². The summed E-state index contributed by atoms with van der Waals surface area (Å²) in [6, 6.07) is 12.0. The molecule has 0 saturated heterocycles. The fourth-order valence-corrected chi connectivity index (χ4v) is 2.08. The first-order chi connectivity index (χ1) is 9.31. The minimum absolute atomic E-state index is 0.463. The minimum Gasteiger partial charge on any atom is -0.486 e. The Kier molecular flexibility index (Phi) is 5.36. The Hall–Kier alpha value is -1.39. The molecule has 19 heavy (non-hydrogen) atoms. The lowest BCUT2D eigenvalue weighted by Crippen LogP contribution is -2.10. The average Bonchev–Trinajstić information content (AvgIpc) is 2.91. The van der Waals surface area contributed by atoms with Gasteiger partial charge in [0.25, 0.3) is 0 Å². The van der Waals surface area contributed by atoms with Crippen molar-refractivity contribution in [2.45, 2.75) is 25.0 Å². The van der Waals surface area contributed by atoms with Gasteiger partial charge in [0.15, 0.2) is 0 Å². The van der Waals surface area contributed by atoms with E-state index in [9.17, 15) is 0 Å². The maximum absolute atomic E-state index is 5.69. The predicted molar refractivity (Wildman–Crippen MR) is 78.6 cm³/mol. The molecule has 1 heterocycles. The lowest BCUT2D eigenvalue weighted by Gasteiger charge is -2.05. The van der Waals surface area contributed by atoms with Gasteiger partial charge in [-0.05, 0) is 49.2 Å². The fourth-order valence-electron chi connectivity index (χ4n) is 1.67. The van der Waals surface area contributed by atoms with E-state index in [0.29, 0.717) is 6.61 Å². The third-order valence-corrected chi connectivity index (χ3v) is 3.45. The van der Waals surface area contributed by atoms with Gasteiger partial charge in [-0.1, -0.05) is 6.92 Å². The first-order valence-electron chi connectivity index (χ1n) is 6.37. The van der Waals surface area contributed by atoms with Crippen LogP contribution in [0.5, 0.6) is 5.75 Å². The Morgan fingerprint density at radius 1 is 1.11 bits per heavy atom. The molecular weight excluding hydrogens is 258 g/mol. The zero-order valence-electron chi connectivity index (χ0n) is 11.3. The standard InChI is InChI=1S/C15H19NO2S/c1-3-16-10-13-4-5-14(18-13)11-17-12-6-8-15(19-2)9-7-12/h4-9,16H,3,10-11H2,1-2H3. The topological polar surface area (TPSA) is 34.4 Å². The molecule has 1 aromatic carbocycles. The SMILES string of the molecule is CCNCc1ccc(COc2ccc(SC)cc2)o1. The number of ether oxygens (including phenoxy) is 1. The van der Waals surface area contributed by atoms with E-state index in [4.69, 9.17) is 9.15 Å². The minimum atomic E-state index is 0.463. The molecule has 2 aromatic rings. The van der Waals surface area contributed by atoms with Gasteiger partial charge in [-0.2, -0.15) is 0 Å². The first kappa shape index (κ1) is 14.0. The van der Waals surface area contributed by atoms with Gasteiger partial charge in [0, 0.05) is 4.90 Å². The molecule has 0 amide bonds. The van der Waals surface area contributed by atoms with Crippen molar-refractivity contribution in [3.8, 4) is 5.75 Å². The maximum Gasteiger partial charge on any atom is 0.146 e. The zero-order chi connectivity index (χ0) is 13.5. The van der Waals surface area contributed by atoms with Crippen LogP contribution in [0.2, 0.25) is 0 Å². The average molecular weight is 277 g/mol. The van der Waals surface area contributed by atoms with Crippen LogP contribution in [0.3, 0.4) is 0 Å². The van der Waals surface area contributed by atoms with Gasteiger partial charge in [0.2, 0.25) is 0 Å². The Bertz CT molecular complexity index is 493. The quantitative estimate of drug-likeness (QED) is 0.783. The Balaban J connectivity index is 1.85. The number of nitrogens with one attached hydrogen (secondary N) is 1. The summed E-state index contributed by atoms with van der Waals surface area (Å²) in [6.45, 7) is 4.24. The van der Waals surface area contributed by atoms with Crippen molar-refractivity contribution in [2.75, 3.05) is 12.8 Å². The smallest absolute Gasteiger partial charge is 0.146 e. The van der Waals surface area contributed by atoms with Crippen LogP contribution in [0.25, 0.3) is 0 Å². The summed E-state index contributed by atoms with van der Waals surface area (Å²) in [6.07, 6.45) is 2.06. The van der Waals surface area contributed by atoms with Crippen LogP contribution >= 0.6 is 11.8 Å². The molecule has 0 atom stereocenters. The van der Waals surface area contributed by atoms with Crippen molar-refractivity contribution >= 4 is 11.8 Å². The molecule has 2 rings (SSSR count). The van der Waals surface area contributed by atoms with Crippen molar-refractivity contribution in [1.82, 2.24) is 5.32 Å². The highest BCUT2D eigenvalue weighted by atomic mass is 32.2. The van der Waals surface area contributed by atoms with Gasteiger partial charge in [-0.25, -0.2) is 0 Å². The van der Waals surface area contributed by atoms with Gasteiger partial charge in [0.05, 0.1) is 6.54 Å². The van der Waals surface area contributed by atoms with Gasteiger partial charge in [-0.15, -0.1) is 11.8 Å². The van der Waals surface area contributed by atoms with Crippen LogP contribution in [0.15, 0.2) is 45.7 Å². The van der Waals surface area contributed by atoms with Crippen molar-refractivity contribution in [1.29, 1.82) is 0 Å². The van der Waals surface area contributed by atoms with E-state index in [1.807, 2.05) is 24.3 Å². The van der Waals surface area contributed by atoms with Crippen LogP contribution < -0.4 is 10.1 Å². The number of thioether (sulfide) groups is 1. The van der Waals surface area contributed by atoms with Crippen LogP contribution in [-0.2, 0) is 13.2 Å². The van der Waals surface area contributed by atoms with E-state index in [-0.39, 0.29) is 0 Å². The molecule has 1 N–H and O–H groups in total. The van der Waals surface area contributed by atoms with Crippen LogP contribution in [0, 0.1) is 0 Å². The lowest BCUT2D eigenvalue weighted by molar-refractivity contribution is 0.265. The summed E-state index contributed by atoms with van der Waals surface area (Å²) in [4.78, 5) is 1.23. The Morgan fingerprint density at radius 3 is 2.53 bits per heavy atom. The van der Waals surface area contributed by atoms with E-state index >= 15 is 0 Å². The van der Waals surface area contributed by atoms with Gasteiger partial charge < -0.3 is 14.5 Å². The lowest BCUT2D eigenvalue weighted by atomic mass is 10.3. The number of hydrogen-bond acceptors (Lipinski definition) is 4. The van der Waals surface area contributed by atoms with Crippen molar-refractivity contribution in [2.24, 2.45) is 0 Å². The highest BCUT2D eigenvalue weighted by Crippen LogP contribution is 2.20. The second-order valence-corrected chi connectivity index (χ2v) is 4.99. The van der Waals surface area contributed by atoms with E-state index in [2.05, 4.69) is 30.6 Å². The normalized spacial score (nSPS) is 10.6. The number of furan rings is 1. The maximum atomic E-state index is 5.69. The molecular formula is C15H19NO2S. The molecule has 4 heteroatoms. The molecule has 0 fully saturated rings. The Labute approximate surface area is 118 Å². The van der Waals surface area contributed by atoms with E-state index in [1.54, 1.807) is 11.8 Å². The molecule has 0 aliphatic heterocycles. The monoisotopic (exact) mass is 277 g/mol. The summed E-state index contributed by atoms with van der Waals surface area (Å²) in [7, 11) is 0. The zero-order valence-corrected chi connectivity index (χ0v) is 12.1. The molecule has 102 valence electrons. The third-order valence-electron chi connectivity index (χ3n) is 2.71. The van der Waals surface area contributed by atoms with Crippen molar-refractivity contribution in [3.63, 3.8) is 0 Å². The molecule has 3 nitrogen and oxygen atoms in total. The summed E-state index contributed by atoms with van der Waals surface area (Å²) >= 11 is 1.72. The number of rotatable bonds is 7. The van der Waals surface area contributed by atoms with Crippen molar-refractivity contribution < 1.29 is 9.15 Å². The van der Waals surface area contributed by atoms with Crippen LogP contribution in [0.4, 0.5) is 0 Å². The number of benzene rings is 1. The molecule has 0 aliphatic carbocycles. The molecule has 0 spiro atoms. The number of hydrogen-bond donors (Lipinski definition) is 1. The highest BCUT2D eigenvalue weighted by Gasteiger charge is 2.02. The predicted octanol–water partition coefficient (Wildman–Crippen LogP) is 3.69. The second kappa shape index (κ2) is 7.26. The van der Waals surface area contributed by atoms with Gasteiger partial charge in [-0.3, -0.25) is 0 Å². The van der Waals surface area contributed by atoms with E-state index < -0.39 is 0 Å². The molecule has 0 saturated carbocycles. The van der Waals surface area contributed by atoms with Crippen LogP contribution in [0.1, 0.15) is 18.4 Å². The second-order valence-electron chi connectivity index (χ2n) is 4.11. The molecule has 0 aliphatic rings. The van der Waals surface area contributed by atoms with Gasteiger partial charge >= 0.3 is 0 Å². The van der Waals surface area contributed by atoms with Crippen molar-refractivity contribution in [3.05, 3.63) is 47.9 Å². The molecule has 0 unspecified atom stereocenters. The Morgan fingerprint density at radius 2 is 1.84 bits per heavy atom. The molecule has 0 bridgehead atoms. The molecule has 1 aromatic heterocycles. The van der Waals surface area contributed by atoms with E-state index in [1.165, 1.54) is 4.90 Å². The summed E-state index contributed by atoms with van der Waals surface area (Å²) < 4.78 is 11.3. The summed E-state index contributed by atoms with van der Waals surface area (Å²) in [5.74, 6) is 2.66. The largest absolute Gasteiger partial charge is 0.486 e. The summed E-state index contributed by atoms with van der Waals surface area (Å²) in [5, 5.41) is 3.23.